The zero-order valence-corrected chi connectivity index (χ0v) is 11.8. The van der Waals surface area contributed by atoms with Gasteiger partial charge in [-0.05, 0) is 45.3 Å². The first kappa shape index (κ1) is 14.1. The zero-order chi connectivity index (χ0) is 13.7. The normalized spacial score (nSPS) is 18.3. The molecule has 0 saturated carbocycles. The quantitative estimate of drug-likeness (QED) is 0.780. The van der Waals surface area contributed by atoms with Crippen LogP contribution in [0.25, 0.3) is 0 Å². The summed E-state index contributed by atoms with van der Waals surface area (Å²) in [6.07, 6.45) is 3.52. The van der Waals surface area contributed by atoms with Gasteiger partial charge in [-0.15, -0.1) is 0 Å². The molecule has 0 aliphatic carbocycles. The molecule has 0 N–H and O–H groups in total. The molecule has 104 valence electrons. The van der Waals surface area contributed by atoms with Crippen LogP contribution in [0, 0.1) is 0 Å². The van der Waals surface area contributed by atoms with Crippen molar-refractivity contribution >= 4 is 5.97 Å². The van der Waals surface area contributed by atoms with Gasteiger partial charge in [-0.3, -0.25) is 4.90 Å². The number of hydrogen-bond donors (Lipinski definition) is 0. The summed E-state index contributed by atoms with van der Waals surface area (Å²) in [4.78, 5) is 14.6. The van der Waals surface area contributed by atoms with Crippen molar-refractivity contribution < 1.29 is 9.53 Å². The molecule has 2 rings (SSSR count). The van der Waals surface area contributed by atoms with E-state index in [-0.39, 0.29) is 18.1 Å². The van der Waals surface area contributed by atoms with Crippen LogP contribution in [0.5, 0.6) is 0 Å². The lowest BCUT2D eigenvalue weighted by atomic mass is 10.0. The maximum absolute atomic E-state index is 12.4. The van der Waals surface area contributed by atoms with Crippen LogP contribution in [-0.4, -0.2) is 30.1 Å². The van der Waals surface area contributed by atoms with Gasteiger partial charge in [-0.2, -0.15) is 0 Å². The van der Waals surface area contributed by atoms with Crippen molar-refractivity contribution in [1.82, 2.24) is 4.90 Å². The van der Waals surface area contributed by atoms with E-state index in [0.717, 1.165) is 31.5 Å². The highest BCUT2D eigenvalue weighted by molar-refractivity contribution is 5.77. The van der Waals surface area contributed by atoms with Crippen molar-refractivity contribution in [2.45, 2.75) is 45.3 Å². The molecular weight excluding hydrogens is 238 g/mol. The Morgan fingerprint density at radius 1 is 1.11 bits per heavy atom. The Bertz CT molecular complexity index is 396. The Hall–Kier alpha value is -1.35. The highest BCUT2D eigenvalue weighted by atomic mass is 16.5. The lowest BCUT2D eigenvalue weighted by molar-refractivity contribution is -0.154. The molecule has 1 atom stereocenters. The summed E-state index contributed by atoms with van der Waals surface area (Å²) in [6.45, 7) is 5.76. The van der Waals surface area contributed by atoms with Crippen LogP contribution in [0.3, 0.4) is 0 Å². The second-order valence-electron chi connectivity index (χ2n) is 5.40. The highest BCUT2D eigenvalue weighted by Crippen LogP contribution is 2.26. The number of benzene rings is 1. The van der Waals surface area contributed by atoms with Crippen LogP contribution in [-0.2, 0) is 9.53 Å². The van der Waals surface area contributed by atoms with Gasteiger partial charge >= 0.3 is 5.97 Å². The molecular formula is C16H23NO2. The minimum Gasteiger partial charge on any atom is -0.462 e. The summed E-state index contributed by atoms with van der Waals surface area (Å²) in [5.41, 5.74) is 1.04. The SMILES string of the molecule is CC(C)OC(=O)C(c1ccccc1)N1CCCCC1. The fourth-order valence-corrected chi connectivity index (χ4v) is 2.60. The smallest absolute Gasteiger partial charge is 0.328 e. The Labute approximate surface area is 115 Å². The predicted molar refractivity (Wildman–Crippen MR) is 75.8 cm³/mol. The van der Waals surface area contributed by atoms with Crippen LogP contribution in [0.15, 0.2) is 30.3 Å². The average Bonchev–Trinajstić information content (AvgIpc) is 2.40. The van der Waals surface area contributed by atoms with E-state index in [0.29, 0.717) is 0 Å². The predicted octanol–water partition coefficient (Wildman–Crippen LogP) is 3.17. The van der Waals surface area contributed by atoms with Gasteiger partial charge in [0.05, 0.1) is 6.10 Å². The van der Waals surface area contributed by atoms with Gasteiger partial charge in [0.2, 0.25) is 0 Å². The van der Waals surface area contributed by atoms with E-state index in [1.54, 1.807) is 0 Å². The summed E-state index contributed by atoms with van der Waals surface area (Å²) in [6, 6.07) is 9.72. The second-order valence-corrected chi connectivity index (χ2v) is 5.40. The van der Waals surface area contributed by atoms with Crippen LogP contribution >= 0.6 is 0 Å². The second kappa shape index (κ2) is 6.71. The minimum absolute atomic E-state index is 0.0662. The molecule has 0 radical (unpaired) electrons. The van der Waals surface area contributed by atoms with E-state index in [9.17, 15) is 4.79 Å². The molecule has 1 aromatic carbocycles. The van der Waals surface area contributed by atoms with Crippen LogP contribution < -0.4 is 0 Å². The number of hydrogen-bond acceptors (Lipinski definition) is 3. The molecule has 3 heteroatoms. The molecule has 1 aliphatic rings. The van der Waals surface area contributed by atoms with E-state index in [1.807, 2.05) is 44.2 Å². The molecule has 0 aromatic heterocycles. The van der Waals surface area contributed by atoms with Crippen molar-refractivity contribution in [3.63, 3.8) is 0 Å². The number of ether oxygens (including phenoxy) is 1. The van der Waals surface area contributed by atoms with Gasteiger partial charge in [-0.25, -0.2) is 4.79 Å². The maximum Gasteiger partial charge on any atom is 0.328 e. The average molecular weight is 261 g/mol. The molecule has 1 unspecified atom stereocenters. The monoisotopic (exact) mass is 261 g/mol. The lowest BCUT2D eigenvalue weighted by Crippen LogP contribution is -2.39. The molecule has 19 heavy (non-hydrogen) atoms. The van der Waals surface area contributed by atoms with Gasteiger partial charge in [0, 0.05) is 0 Å². The molecule has 3 nitrogen and oxygen atoms in total. The number of carbonyl (C=O) groups excluding carboxylic acids is 1. The molecule has 1 aromatic rings. The van der Waals surface area contributed by atoms with Gasteiger partial charge in [0.25, 0.3) is 0 Å². The molecule has 0 bridgehead atoms. The zero-order valence-electron chi connectivity index (χ0n) is 11.8. The third-order valence-electron chi connectivity index (χ3n) is 3.45. The molecule has 1 aliphatic heterocycles. The van der Waals surface area contributed by atoms with Crippen molar-refractivity contribution in [3.8, 4) is 0 Å². The fraction of sp³-hybridized carbons (Fsp3) is 0.562. The van der Waals surface area contributed by atoms with Crippen molar-refractivity contribution in [1.29, 1.82) is 0 Å². The Morgan fingerprint density at radius 2 is 1.74 bits per heavy atom. The van der Waals surface area contributed by atoms with Gasteiger partial charge in [0.15, 0.2) is 0 Å². The molecule has 0 amide bonds. The Morgan fingerprint density at radius 3 is 2.32 bits per heavy atom. The molecule has 1 heterocycles. The van der Waals surface area contributed by atoms with E-state index in [4.69, 9.17) is 4.74 Å². The lowest BCUT2D eigenvalue weighted by Gasteiger charge is -2.33. The third kappa shape index (κ3) is 3.80. The summed E-state index contributed by atoms with van der Waals surface area (Å²) < 4.78 is 5.44. The first-order valence-electron chi connectivity index (χ1n) is 7.18. The van der Waals surface area contributed by atoms with Gasteiger partial charge in [0.1, 0.15) is 6.04 Å². The molecule has 1 saturated heterocycles. The van der Waals surface area contributed by atoms with Crippen LogP contribution in [0.2, 0.25) is 0 Å². The minimum atomic E-state index is -0.246. The van der Waals surface area contributed by atoms with Crippen molar-refractivity contribution in [2.24, 2.45) is 0 Å². The number of carbonyl (C=O) groups is 1. The van der Waals surface area contributed by atoms with Crippen molar-refractivity contribution in [3.05, 3.63) is 35.9 Å². The standard InChI is InChI=1S/C16H23NO2/c1-13(2)19-16(18)15(14-9-5-3-6-10-14)17-11-7-4-8-12-17/h3,5-6,9-10,13,15H,4,7-8,11-12H2,1-2H3. The van der Waals surface area contributed by atoms with E-state index < -0.39 is 0 Å². The van der Waals surface area contributed by atoms with E-state index in [1.165, 1.54) is 6.42 Å². The Balaban J connectivity index is 2.19. The summed E-state index contributed by atoms with van der Waals surface area (Å²) in [5.74, 6) is -0.122. The van der Waals surface area contributed by atoms with E-state index in [2.05, 4.69) is 4.90 Å². The number of likely N-dealkylation sites (tertiary alicyclic amines) is 1. The highest BCUT2D eigenvalue weighted by Gasteiger charge is 2.30. The summed E-state index contributed by atoms with van der Waals surface area (Å²) in [7, 11) is 0. The first-order chi connectivity index (χ1) is 9.18. The van der Waals surface area contributed by atoms with Gasteiger partial charge in [-0.1, -0.05) is 36.8 Å². The molecule has 0 spiro atoms. The number of esters is 1. The van der Waals surface area contributed by atoms with Crippen LogP contribution in [0.4, 0.5) is 0 Å². The number of rotatable bonds is 4. The Kier molecular flexibility index (Phi) is 4.97. The molecule has 1 fully saturated rings. The largest absolute Gasteiger partial charge is 0.462 e. The number of nitrogens with zero attached hydrogens (tertiary/aromatic N) is 1. The first-order valence-corrected chi connectivity index (χ1v) is 7.18. The number of piperidine rings is 1. The third-order valence-corrected chi connectivity index (χ3v) is 3.45. The van der Waals surface area contributed by atoms with E-state index >= 15 is 0 Å². The van der Waals surface area contributed by atoms with Gasteiger partial charge < -0.3 is 4.74 Å². The maximum atomic E-state index is 12.4. The van der Waals surface area contributed by atoms with Crippen LogP contribution in [0.1, 0.15) is 44.7 Å². The summed E-state index contributed by atoms with van der Waals surface area (Å²) in [5, 5.41) is 0. The summed E-state index contributed by atoms with van der Waals surface area (Å²) >= 11 is 0. The van der Waals surface area contributed by atoms with Crippen molar-refractivity contribution in [2.75, 3.05) is 13.1 Å². The fourth-order valence-electron chi connectivity index (χ4n) is 2.60. The topological polar surface area (TPSA) is 29.5 Å².